The van der Waals surface area contributed by atoms with Gasteiger partial charge in [0.05, 0.1) is 3.79 Å². The van der Waals surface area contributed by atoms with Crippen LogP contribution in [-0.4, -0.2) is 23.6 Å². The standard InChI is InChI=1S/C16H16BrNO4S/c1-9-3-12(4-10(2)15(9)22-7-14(19)20)16(21)18-6-11-5-13(17)23-8-11/h3-5,8H,6-7H2,1-2H3,(H,18,21)(H,19,20). The number of aryl methyl sites for hydroxylation is 2. The third-order valence-electron chi connectivity index (χ3n) is 3.14. The summed E-state index contributed by atoms with van der Waals surface area (Å²) in [6.45, 7) is 3.63. The maximum atomic E-state index is 12.3. The van der Waals surface area contributed by atoms with Gasteiger partial charge in [-0.05, 0) is 70.0 Å². The highest BCUT2D eigenvalue weighted by molar-refractivity contribution is 9.11. The van der Waals surface area contributed by atoms with Crippen molar-refractivity contribution in [2.24, 2.45) is 0 Å². The van der Waals surface area contributed by atoms with Crippen LogP contribution < -0.4 is 10.1 Å². The molecule has 1 aromatic carbocycles. The Labute approximate surface area is 146 Å². The molecule has 0 spiro atoms. The molecule has 0 bridgehead atoms. The van der Waals surface area contributed by atoms with Crippen LogP contribution >= 0.6 is 27.3 Å². The van der Waals surface area contributed by atoms with Crippen molar-refractivity contribution in [3.8, 4) is 5.75 Å². The van der Waals surface area contributed by atoms with Crippen LogP contribution in [-0.2, 0) is 11.3 Å². The van der Waals surface area contributed by atoms with Gasteiger partial charge in [-0.1, -0.05) is 0 Å². The zero-order chi connectivity index (χ0) is 17.0. The van der Waals surface area contributed by atoms with Crippen molar-refractivity contribution in [1.29, 1.82) is 0 Å². The molecule has 1 heterocycles. The molecule has 2 N–H and O–H groups in total. The summed E-state index contributed by atoms with van der Waals surface area (Å²) >= 11 is 4.95. The van der Waals surface area contributed by atoms with E-state index >= 15 is 0 Å². The molecule has 1 aromatic heterocycles. The number of aliphatic carboxylic acids is 1. The number of hydrogen-bond acceptors (Lipinski definition) is 4. The lowest BCUT2D eigenvalue weighted by Gasteiger charge is -2.13. The van der Waals surface area contributed by atoms with Crippen LogP contribution in [0.1, 0.15) is 27.0 Å². The number of thiophene rings is 1. The van der Waals surface area contributed by atoms with E-state index in [4.69, 9.17) is 9.84 Å². The van der Waals surface area contributed by atoms with Gasteiger partial charge in [0.15, 0.2) is 6.61 Å². The average molecular weight is 398 g/mol. The summed E-state index contributed by atoms with van der Waals surface area (Å²) in [7, 11) is 0. The molecule has 23 heavy (non-hydrogen) atoms. The van der Waals surface area contributed by atoms with Gasteiger partial charge in [-0.2, -0.15) is 0 Å². The van der Waals surface area contributed by atoms with E-state index in [-0.39, 0.29) is 5.91 Å². The van der Waals surface area contributed by atoms with E-state index in [1.54, 1.807) is 37.3 Å². The summed E-state index contributed by atoms with van der Waals surface area (Å²) in [5.41, 5.74) is 3.02. The average Bonchev–Trinajstić information content (AvgIpc) is 2.89. The molecule has 0 fully saturated rings. The summed E-state index contributed by atoms with van der Waals surface area (Å²) in [6.07, 6.45) is 0. The number of ether oxygens (including phenoxy) is 1. The number of hydrogen-bond donors (Lipinski definition) is 2. The Morgan fingerprint density at radius 2 is 1.91 bits per heavy atom. The first-order chi connectivity index (χ1) is 10.9. The number of nitrogens with one attached hydrogen (secondary N) is 1. The van der Waals surface area contributed by atoms with Crippen molar-refractivity contribution in [1.82, 2.24) is 5.32 Å². The molecule has 0 aliphatic carbocycles. The predicted octanol–water partition coefficient (Wildman–Crippen LogP) is 3.52. The van der Waals surface area contributed by atoms with E-state index in [1.165, 1.54) is 0 Å². The molecule has 0 aliphatic heterocycles. The maximum absolute atomic E-state index is 12.3. The summed E-state index contributed by atoms with van der Waals surface area (Å²) < 4.78 is 6.28. The molecule has 1 amide bonds. The SMILES string of the molecule is Cc1cc(C(=O)NCc2csc(Br)c2)cc(C)c1OCC(=O)O. The van der Waals surface area contributed by atoms with Crippen LogP contribution in [0, 0.1) is 13.8 Å². The Balaban J connectivity index is 2.07. The molecule has 2 aromatic rings. The Kier molecular flexibility index (Phi) is 5.79. The Bertz CT molecular complexity index is 718. The molecule has 0 aliphatic rings. The van der Waals surface area contributed by atoms with Gasteiger partial charge in [-0.15, -0.1) is 11.3 Å². The van der Waals surface area contributed by atoms with Gasteiger partial charge in [0.2, 0.25) is 0 Å². The number of amides is 1. The topological polar surface area (TPSA) is 75.6 Å². The number of halogens is 1. The Hall–Kier alpha value is -1.86. The molecule has 5 nitrogen and oxygen atoms in total. The summed E-state index contributed by atoms with van der Waals surface area (Å²) in [5.74, 6) is -0.707. The number of benzene rings is 1. The third kappa shape index (κ3) is 4.80. The van der Waals surface area contributed by atoms with E-state index in [1.807, 2.05) is 11.4 Å². The van der Waals surface area contributed by atoms with E-state index in [2.05, 4.69) is 21.2 Å². The lowest BCUT2D eigenvalue weighted by atomic mass is 10.0. The zero-order valence-electron chi connectivity index (χ0n) is 12.7. The molecular weight excluding hydrogens is 382 g/mol. The Morgan fingerprint density at radius 1 is 1.26 bits per heavy atom. The molecule has 0 atom stereocenters. The number of carbonyl (C=O) groups excluding carboxylic acids is 1. The van der Waals surface area contributed by atoms with Crippen LogP contribution in [0.2, 0.25) is 0 Å². The second-order valence-electron chi connectivity index (χ2n) is 5.06. The second kappa shape index (κ2) is 7.61. The largest absolute Gasteiger partial charge is 0.481 e. The fourth-order valence-corrected chi connectivity index (χ4v) is 3.37. The highest BCUT2D eigenvalue weighted by Crippen LogP contribution is 2.25. The van der Waals surface area contributed by atoms with Crippen molar-refractivity contribution in [3.63, 3.8) is 0 Å². The van der Waals surface area contributed by atoms with Crippen molar-refractivity contribution in [3.05, 3.63) is 49.6 Å². The quantitative estimate of drug-likeness (QED) is 0.781. The van der Waals surface area contributed by atoms with Gasteiger partial charge in [0.25, 0.3) is 5.91 Å². The molecule has 0 saturated heterocycles. The van der Waals surface area contributed by atoms with E-state index in [9.17, 15) is 9.59 Å². The van der Waals surface area contributed by atoms with Crippen LogP contribution in [0.4, 0.5) is 0 Å². The van der Waals surface area contributed by atoms with E-state index in [0.717, 1.165) is 20.5 Å². The Morgan fingerprint density at radius 3 is 2.43 bits per heavy atom. The van der Waals surface area contributed by atoms with Gasteiger partial charge < -0.3 is 15.2 Å². The highest BCUT2D eigenvalue weighted by atomic mass is 79.9. The van der Waals surface area contributed by atoms with E-state index in [0.29, 0.717) is 17.9 Å². The highest BCUT2D eigenvalue weighted by Gasteiger charge is 2.13. The molecule has 122 valence electrons. The molecule has 0 unspecified atom stereocenters. The summed E-state index contributed by atoms with van der Waals surface area (Å²) in [6, 6.07) is 5.36. The smallest absolute Gasteiger partial charge is 0.341 e. The van der Waals surface area contributed by atoms with Crippen LogP contribution in [0.3, 0.4) is 0 Å². The first kappa shape index (κ1) is 17.5. The predicted molar refractivity (Wildman–Crippen MR) is 92.2 cm³/mol. The summed E-state index contributed by atoms with van der Waals surface area (Å²) in [5, 5.41) is 13.5. The minimum Gasteiger partial charge on any atom is -0.481 e. The number of carboxylic acid groups (broad SMARTS) is 1. The first-order valence-electron chi connectivity index (χ1n) is 6.83. The van der Waals surface area contributed by atoms with Gasteiger partial charge in [-0.25, -0.2) is 4.79 Å². The van der Waals surface area contributed by atoms with Crippen molar-refractivity contribution in [2.45, 2.75) is 20.4 Å². The van der Waals surface area contributed by atoms with Gasteiger partial charge in [0, 0.05) is 12.1 Å². The van der Waals surface area contributed by atoms with Crippen LogP contribution in [0.5, 0.6) is 5.75 Å². The lowest BCUT2D eigenvalue weighted by Crippen LogP contribution is -2.23. The van der Waals surface area contributed by atoms with Crippen LogP contribution in [0.15, 0.2) is 27.4 Å². The van der Waals surface area contributed by atoms with Crippen LogP contribution in [0.25, 0.3) is 0 Å². The monoisotopic (exact) mass is 397 g/mol. The van der Waals surface area contributed by atoms with Gasteiger partial charge in [-0.3, -0.25) is 4.79 Å². The molecule has 0 saturated carbocycles. The minimum atomic E-state index is -1.03. The third-order valence-corrected chi connectivity index (χ3v) is 4.69. The number of rotatable bonds is 6. The van der Waals surface area contributed by atoms with Gasteiger partial charge >= 0.3 is 5.97 Å². The van der Waals surface area contributed by atoms with Crippen molar-refractivity contribution in [2.75, 3.05) is 6.61 Å². The van der Waals surface area contributed by atoms with Crippen molar-refractivity contribution >= 4 is 39.1 Å². The minimum absolute atomic E-state index is 0.177. The van der Waals surface area contributed by atoms with Gasteiger partial charge in [0.1, 0.15) is 5.75 Å². The normalized spacial score (nSPS) is 10.4. The number of carboxylic acids is 1. The first-order valence-corrected chi connectivity index (χ1v) is 8.51. The molecule has 2 rings (SSSR count). The fourth-order valence-electron chi connectivity index (χ4n) is 2.17. The molecular formula is C16H16BrNO4S. The maximum Gasteiger partial charge on any atom is 0.341 e. The zero-order valence-corrected chi connectivity index (χ0v) is 15.1. The molecule has 7 heteroatoms. The molecule has 0 radical (unpaired) electrons. The van der Waals surface area contributed by atoms with E-state index < -0.39 is 12.6 Å². The number of carbonyl (C=O) groups is 2. The lowest BCUT2D eigenvalue weighted by molar-refractivity contribution is -0.139. The van der Waals surface area contributed by atoms with Crippen molar-refractivity contribution < 1.29 is 19.4 Å². The second-order valence-corrected chi connectivity index (χ2v) is 7.35. The summed E-state index contributed by atoms with van der Waals surface area (Å²) in [4.78, 5) is 22.9. The fraction of sp³-hybridized carbons (Fsp3) is 0.250.